The molecule has 12 nitrogen and oxygen atoms in total. The van der Waals surface area contributed by atoms with Gasteiger partial charge in [-0.15, -0.1) is 0 Å². The van der Waals surface area contributed by atoms with E-state index in [-0.39, 0.29) is 37.3 Å². The minimum atomic E-state index is -1.25. The second-order valence-corrected chi connectivity index (χ2v) is 9.27. The number of nitrogens with zero attached hydrogens (tertiary/aromatic N) is 1. The average molecular weight is 523 g/mol. The predicted molar refractivity (Wildman–Crippen MR) is 136 cm³/mol. The summed E-state index contributed by atoms with van der Waals surface area (Å²) < 4.78 is 10.3. The molecule has 2 aromatic rings. The first-order valence-electron chi connectivity index (χ1n) is 12.0. The van der Waals surface area contributed by atoms with Crippen LogP contribution in [0.4, 0.5) is 0 Å². The number of carbonyl (C=O) groups excluding carboxylic acids is 3. The number of carboxylic acid groups (broad SMARTS) is 1. The Morgan fingerprint density at radius 1 is 0.921 bits per heavy atom. The third kappa shape index (κ3) is 5.89. The summed E-state index contributed by atoms with van der Waals surface area (Å²) >= 11 is 0. The van der Waals surface area contributed by atoms with Gasteiger partial charge >= 0.3 is 20.2 Å². The average Bonchev–Trinajstić information content (AvgIpc) is 3.46. The third-order valence-electron chi connectivity index (χ3n) is 6.59. The van der Waals surface area contributed by atoms with Crippen molar-refractivity contribution in [1.29, 1.82) is 0 Å². The molecule has 0 fully saturated rings. The first kappa shape index (κ1) is 27.3. The maximum Gasteiger partial charge on any atom is 0.491 e. The standard InChI is InChI=1S/C24H27B2N3O9/c1-13(27-22(32)14-3-5-16-11-37-25(35)18(16)9-14)21(24(34)29(2)8-7-20(30)31)28-23(33)15-4-6-17-12-38-26(36)19(17)10-15/h3-6,9-10,13,21,35-36H,7-8,11-12H2,1-2H3,(H,27,32)(H,28,33)(H,30,31)/t13-,21-/m0/s1. The van der Waals surface area contributed by atoms with Crippen molar-refractivity contribution in [3.8, 4) is 0 Å². The number of likely N-dealkylation sites (N-methyl/N-ethyl adjacent to an activating group) is 1. The van der Waals surface area contributed by atoms with E-state index in [0.717, 1.165) is 11.1 Å². The summed E-state index contributed by atoms with van der Waals surface area (Å²) in [7, 11) is -0.890. The van der Waals surface area contributed by atoms with Crippen LogP contribution in [0.5, 0.6) is 0 Å². The van der Waals surface area contributed by atoms with Crippen molar-refractivity contribution in [1.82, 2.24) is 15.5 Å². The van der Waals surface area contributed by atoms with E-state index in [1.807, 2.05) is 0 Å². The van der Waals surface area contributed by atoms with Gasteiger partial charge in [0.15, 0.2) is 0 Å². The monoisotopic (exact) mass is 523 g/mol. The van der Waals surface area contributed by atoms with Gasteiger partial charge in [0.05, 0.1) is 25.7 Å². The molecule has 14 heteroatoms. The molecule has 0 spiro atoms. The number of carboxylic acids is 1. The molecule has 5 N–H and O–H groups in total. The van der Waals surface area contributed by atoms with Crippen LogP contribution < -0.4 is 21.6 Å². The number of carbonyl (C=O) groups is 4. The normalized spacial score (nSPS) is 15.4. The van der Waals surface area contributed by atoms with Gasteiger partial charge in [0.25, 0.3) is 11.8 Å². The molecular weight excluding hydrogens is 496 g/mol. The Bertz CT molecular complexity index is 1270. The molecule has 2 aromatic carbocycles. The van der Waals surface area contributed by atoms with Crippen molar-refractivity contribution in [3.05, 3.63) is 58.7 Å². The zero-order chi connectivity index (χ0) is 27.6. The van der Waals surface area contributed by atoms with Crippen molar-refractivity contribution < 1.29 is 43.6 Å². The maximum absolute atomic E-state index is 13.3. The lowest BCUT2D eigenvalue weighted by molar-refractivity contribution is -0.138. The summed E-state index contributed by atoms with van der Waals surface area (Å²) in [6, 6.07) is 7.23. The summed E-state index contributed by atoms with van der Waals surface area (Å²) in [5.41, 5.74) is 2.81. The molecule has 0 saturated carbocycles. The summed E-state index contributed by atoms with van der Waals surface area (Å²) in [5, 5.41) is 34.3. The van der Waals surface area contributed by atoms with Crippen molar-refractivity contribution in [2.45, 2.75) is 38.6 Å². The van der Waals surface area contributed by atoms with Crippen LogP contribution in [0.2, 0.25) is 0 Å². The van der Waals surface area contributed by atoms with Gasteiger partial charge in [0, 0.05) is 24.7 Å². The van der Waals surface area contributed by atoms with Crippen LogP contribution in [0, 0.1) is 0 Å². The molecule has 0 unspecified atom stereocenters. The van der Waals surface area contributed by atoms with Crippen LogP contribution in [0.1, 0.15) is 45.2 Å². The minimum Gasteiger partial charge on any atom is -0.481 e. The number of fused-ring (bicyclic) bond motifs is 2. The maximum atomic E-state index is 13.3. The lowest BCUT2D eigenvalue weighted by atomic mass is 9.78. The fraction of sp³-hybridized carbons (Fsp3) is 0.333. The van der Waals surface area contributed by atoms with Gasteiger partial charge in [-0.1, -0.05) is 12.1 Å². The molecule has 0 saturated heterocycles. The highest BCUT2D eigenvalue weighted by Gasteiger charge is 2.33. The fourth-order valence-electron chi connectivity index (χ4n) is 4.32. The molecule has 2 aliphatic rings. The highest BCUT2D eigenvalue weighted by Crippen LogP contribution is 2.14. The molecule has 4 rings (SSSR count). The first-order valence-corrected chi connectivity index (χ1v) is 12.0. The van der Waals surface area contributed by atoms with Crippen LogP contribution >= 0.6 is 0 Å². The van der Waals surface area contributed by atoms with Gasteiger partial charge in [-0.25, -0.2) is 0 Å². The second kappa shape index (κ2) is 11.4. The van der Waals surface area contributed by atoms with E-state index >= 15 is 0 Å². The summed E-state index contributed by atoms with van der Waals surface area (Å²) in [4.78, 5) is 51.6. The smallest absolute Gasteiger partial charge is 0.481 e. The largest absolute Gasteiger partial charge is 0.491 e. The van der Waals surface area contributed by atoms with Gasteiger partial charge in [-0.2, -0.15) is 0 Å². The fourth-order valence-corrected chi connectivity index (χ4v) is 4.32. The van der Waals surface area contributed by atoms with Crippen LogP contribution in [0.25, 0.3) is 0 Å². The van der Waals surface area contributed by atoms with Gasteiger partial charge in [-0.05, 0) is 53.2 Å². The topological polar surface area (TPSA) is 175 Å². The molecule has 2 heterocycles. The molecule has 0 radical (unpaired) electrons. The van der Waals surface area contributed by atoms with Crippen molar-refractivity contribution in [2.24, 2.45) is 0 Å². The number of aliphatic carboxylic acids is 1. The van der Waals surface area contributed by atoms with Gasteiger partial charge < -0.3 is 40.0 Å². The quantitative estimate of drug-likeness (QED) is 0.232. The molecule has 0 aromatic heterocycles. The number of hydrogen-bond acceptors (Lipinski definition) is 8. The van der Waals surface area contributed by atoms with E-state index in [2.05, 4.69) is 10.6 Å². The van der Waals surface area contributed by atoms with Crippen LogP contribution in [-0.4, -0.2) is 83.7 Å². The number of hydrogen-bond donors (Lipinski definition) is 5. The SMILES string of the molecule is C[C@H](NC(=O)c1ccc2c(c1)B(O)OC2)[C@H](NC(=O)c1ccc2c(c1)B(O)OC2)C(=O)N(C)CCC(=O)O. The number of amides is 3. The predicted octanol–water partition coefficient (Wildman–Crippen LogP) is -2.03. The Kier molecular flexibility index (Phi) is 8.17. The lowest BCUT2D eigenvalue weighted by Gasteiger charge is -2.29. The van der Waals surface area contributed by atoms with Gasteiger partial charge in [-0.3, -0.25) is 19.2 Å². The molecule has 0 bridgehead atoms. The lowest BCUT2D eigenvalue weighted by Crippen LogP contribution is -2.58. The minimum absolute atomic E-state index is 0.105. The van der Waals surface area contributed by atoms with E-state index in [1.54, 1.807) is 18.2 Å². The van der Waals surface area contributed by atoms with E-state index in [1.165, 1.54) is 37.1 Å². The van der Waals surface area contributed by atoms with E-state index in [4.69, 9.17) is 14.4 Å². The van der Waals surface area contributed by atoms with Crippen molar-refractivity contribution in [2.75, 3.05) is 13.6 Å². The second-order valence-electron chi connectivity index (χ2n) is 9.27. The molecule has 38 heavy (non-hydrogen) atoms. The molecule has 3 amide bonds. The van der Waals surface area contributed by atoms with Gasteiger partial charge in [0.2, 0.25) is 5.91 Å². The Morgan fingerprint density at radius 2 is 1.42 bits per heavy atom. The zero-order valence-corrected chi connectivity index (χ0v) is 20.8. The van der Waals surface area contributed by atoms with Crippen LogP contribution in [-0.2, 0) is 32.1 Å². The van der Waals surface area contributed by atoms with E-state index in [9.17, 15) is 29.2 Å². The zero-order valence-electron chi connectivity index (χ0n) is 20.8. The van der Waals surface area contributed by atoms with Gasteiger partial charge in [0.1, 0.15) is 6.04 Å². The molecule has 198 valence electrons. The third-order valence-corrected chi connectivity index (χ3v) is 6.59. The van der Waals surface area contributed by atoms with Crippen molar-refractivity contribution in [3.63, 3.8) is 0 Å². The number of rotatable bonds is 9. The molecule has 0 aliphatic carbocycles. The highest BCUT2D eigenvalue weighted by atomic mass is 16.5. The molecule has 2 aliphatic heterocycles. The number of nitrogens with one attached hydrogen (secondary N) is 2. The van der Waals surface area contributed by atoms with Crippen LogP contribution in [0.15, 0.2) is 36.4 Å². The summed E-state index contributed by atoms with van der Waals surface area (Å²) in [6.07, 6.45) is -0.300. The Balaban J connectivity index is 1.53. The highest BCUT2D eigenvalue weighted by molar-refractivity contribution is 6.62. The Hall–Kier alpha value is -3.71. The Morgan fingerprint density at radius 3 is 1.92 bits per heavy atom. The first-order chi connectivity index (χ1) is 18.0. The summed E-state index contributed by atoms with van der Waals surface area (Å²) in [5.74, 6) is -2.86. The molecule has 2 atom stereocenters. The summed E-state index contributed by atoms with van der Waals surface area (Å²) in [6.45, 7) is 1.87. The van der Waals surface area contributed by atoms with E-state index in [0.29, 0.717) is 10.9 Å². The molecular formula is C24H27B2N3O9. The van der Waals surface area contributed by atoms with Crippen LogP contribution in [0.3, 0.4) is 0 Å². The van der Waals surface area contributed by atoms with Crippen molar-refractivity contribution >= 4 is 48.9 Å². The number of benzene rings is 2. The van der Waals surface area contributed by atoms with E-state index < -0.39 is 50.0 Å². The Labute approximate surface area is 219 Å².